The number of hydrogen-bond acceptors (Lipinski definition) is 3. The maximum atomic E-state index is 12.0. The van der Waals surface area contributed by atoms with Crippen molar-refractivity contribution in [3.63, 3.8) is 0 Å². The molecule has 0 radical (unpaired) electrons. The zero-order valence-electron chi connectivity index (χ0n) is 14.7. The number of aliphatic imine (C=N–C) groups is 1. The molecule has 0 saturated carbocycles. The summed E-state index contributed by atoms with van der Waals surface area (Å²) in [5, 5.41) is 6.39. The Kier molecular flexibility index (Phi) is 8.72. The summed E-state index contributed by atoms with van der Waals surface area (Å²) in [6, 6.07) is 5.91. The standard InChI is InChI=1S/C17H29N5O/c1-5-18-17(19-12-11-16(23)22(6-2)7-3)20-13-15-10-8-9-14(4)21-15/h8-10H,5-7,11-13H2,1-4H3,(H2,18,19,20). The molecule has 6 nitrogen and oxygen atoms in total. The molecule has 1 rings (SSSR count). The molecule has 23 heavy (non-hydrogen) atoms. The number of nitrogens with one attached hydrogen (secondary N) is 2. The van der Waals surface area contributed by atoms with Crippen molar-refractivity contribution in [3.8, 4) is 0 Å². The van der Waals surface area contributed by atoms with E-state index >= 15 is 0 Å². The van der Waals surface area contributed by atoms with Crippen LogP contribution in [0.25, 0.3) is 0 Å². The van der Waals surface area contributed by atoms with Crippen LogP contribution in [0.4, 0.5) is 0 Å². The number of hydrogen-bond donors (Lipinski definition) is 2. The summed E-state index contributed by atoms with van der Waals surface area (Å²) in [6.07, 6.45) is 0.467. The van der Waals surface area contributed by atoms with E-state index in [0.29, 0.717) is 25.5 Å². The van der Waals surface area contributed by atoms with Crippen LogP contribution in [0.1, 0.15) is 38.6 Å². The van der Waals surface area contributed by atoms with Crippen LogP contribution in [0.2, 0.25) is 0 Å². The van der Waals surface area contributed by atoms with Gasteiger partial charge in [0, 0.05) is 38.3 Å². The minimum atomic E-state index is 0.165. The summed E-state index contributed by atoms with van der Waals surface area (Å²) in [4.78, 5) is 22.8. The monoisotopic (exact) mass is 319 g/mol. The topological polar surface area (TPSA) is 69.6 Å². The van der Waals surface area contributed by atoms with Crippen molar-refractivity contribution in [3.05, 3.63) is 29.6 Å². The molecule has 0 spiro atoms. The van der Waals surface area contributed by atoms with Gasteiger partial charge in [-0.2, -0.15) is 0 Å². The first-order valence-electron chi connectivity index (χ1n) is 8.33. The summed E-state index contributed by atoms with van der Waals surface area (Å²) < 4.78 is 0. The smallest absolute Gasteiger partial charge is 0.224 e. The lowest BCUT2D eigenvalue weighted by molar-refractivity contribution is -0.130. The van der Waals surface area contributed by atoms with Gasteiger partial charge in [-0.05, 0) is 39.8 Å². The van der Waals surface area contributed by atoms with E-state index in [9.17, 15) is 4.79 Å². The summed E-state index contributed by atoms with van der Waals surface area (Å²) >= 11 is 0. The van der Waals surface area contributed by atoms with Crippen molar-refractivity contribution in [2.24, 2.45) is 4.99 Å². The highest BCUT2D eigenvalue weighted by molar-refractivity contribution is 5.81. The van der Waals surface area contributed by atoms with E-state index < -0.39 is 0 Å². The third-order valence-corrected chi connectivity index (χ3v) is 3.44. The molecule has 1 heterocycles. The average Bonchev–Trinajstić information content (AvgIpc) is 2.54. The minimum Gasteiger partial charge on any atom is -0.357 e. The number of nitrogens with zero attached hydrogens (tertiary/aromatic N) is 3. The second-order valence-electron chi connectivity index (χ2n) is 5.21. The number of pyridine rings is 1. The quantitative estimate of drug-likeness (QED) is 0.565. The van der Waals surface area contributed by atoms with Gasteiger partial charge in [0.15, 0.2) is 5.96 Å². The normalized spacial score (nSPS) is 11.2. The van der Waals surface area contributed by atoms with Crippen molar-refractivity contribution in [2.75, 3.05) is 26.2 Å². The van der Waals surface area contributed by atoms with E-state index in [-0.39, 0.29) is 5.91 Å². The Morgan fingerprint density at radius 1 is 1.22 bits per heavy atom. The molecule has 1 aromatic heterocycles. The average molecular weight is 319 g/mol. The van der Waals surface area contributed by atoms with Gasteiger partial charge in [-0.1, -0.05) is 6.07 Å². The van der Waals surface area contributed by atoms with E-state index in [1.54, 1.807) is 0 Å². The fourth-order valence-corrected chi connectivity index (χ4v) is 2.21. The molecule has 0 bridgehead atoms. The van der Waals surface area contributed by atoms with Crippen LogP contribution >= 0.6 is 0 Å². The number of carbonyl (C=O) groups excluding carboxylic acids is 1. The van der Waals surface area contributed by atoms with E-state index in [0.717, 1.165) is 31.0 Å². The predicted octanol–water partition coefficient (Wildman–Crippen LogP) is 1.70. The molecule has 6 heteroatoms. The van der Waals surface area contributed by atoms with Gasteiger partial charge in [-0.15, -0.1) is 0 Å². The Labute approximate surface area is 139 Å². The predicted molar refractivity (Wildman–Crippen MR) is 94.3 cm³/mol. The van der Waals surface area contributed by atoms with Crippen LogP contribution in [0.5, 0.6) is 0 Å². The fourth-order valence-electron chi connectivity index (χ4n) is 2.21. The van der Waals surface area contributed by atoms with Crippen molar-refractivity contribution < 1.29 is 4.79 Å². The van der Waals surface area contributed by atoms with E-state index in [1.165, 1.54) is 0 Å². The molecule has 0 aliphatic heterocycles. The van der Waals surface area contributed by atoms with Gasteiger partial charge in [-0.25, -0.2) is 4.99 Å². The Balaban J connectivity index is 2.51. The highest BCUT2D eigenvalue weighted by atomic mass is 16.2. The Hall–Kier alpha value is -2.11. The van der Waals surface area contributed by atoms with Crippen LogP contribution in [-0.2, 0) is 11.3 Å². The molecule has 0 aliphatic carbocycles. The van der Waals surface area contributed by atoms with Crippen molar-refractivity contribution >= 4 is 11.9 Å². The van der Waals surface area contributed by atoms with Gasteiger partial charge in [0.1, 0.15) is 0 Å². The van der Waals surface area contributed by atoms with Crippen molar-refractivity contribution in [1.82, 2.24) is 20.5 Å². The molecule has 0 unspecified atom stereocenters. The van der Waals surface area contributed by atoms with Crippen LogP contribution in [0.15, 0.2) is 23.2 Å². The minimum absolute atomic E-state index is 0.165. The molecule has 0 aromatic carbocycles. The third-order valence-electron chi connectivity index (χ3n) is 3.44. The maximum Gasteiger partial charge on any atom is 0.224 e. The number of aromatic nitrogens is 1. The zero-order valence-corrected chi connectivity index (χ0v) is 14.7. The number of carbonyl (C=O) groups is 1. The van der Waals surface area contributed by atoms with Gasteiger partial charge in [0.2, 0.25) is 5.91 Å². The molecule has 0 atom stereocenters. The highest BCUT2D eigenvalue weighted by Crippen LogP contribution is 1.99. The third kappa shape index (κ3) is 7.13. The van der Waals surface area contributed by atoms with Crippen LogP contribution in [0.3, 0.4) is 0 Å². The number of guanidine groups is 1. The molecular formula is C17H29N5O. The lowest BCUT2D eigenvalue weighted by Gasteiger charge is -2.19. The lowest BCUT2D eigenvalue weighted by atomic mass is 10.3. The van der Waals surface area contributed by atoms with Crippen LogP contribution < -0.4 is 10.6 Å². The first kappa shape index (κ1) is 18.9. The van der Waals surface area contributed by atoms with Crippen molar-refractivity contribution in [2.45, 2.75) is 40.7 Å². The summed E-state index contributed by atoms with van der Waals surface area (Å²) in [5.74, 6) is 0.877. The first-order chi connectivity index (χ1) is 11.1. The maximum absolute atomic E-state index is 12.0. The molecule has 1 aromatic rings. The molecule has 0 saturated heterocycles. The van der Waals surface area contributed by atoms with E-state index in [1.807, 2.05) is 50.8 Å². The molecule has 2 N–H and O–H groups in total. The number of rotatable bonds is 8. The van der Waals surface area contributed by atoms with Crippen LogP contribution in [-0.4, -0.2) is 47.9 Å². The van der Waals surface area contributed by atoms with Crippen molar-refractivity contribution in [1.29, 1.82) is 0 Å². The van der Waals surface area contributed by atoms with Gasteiger partial charge in [0.05, 0.1) is 12.2 Å². The molecular weight excluding hydrogens is 290 g/mol. The number of aryl methyl sites for hydroxylation is 1. The highest BCUT2D eigenvalue weighted by Gasteiger charge is 2.09. The zero-order chi connectivity index (χ0) is 17.1. The second-order valence-corrected chi connectivity index (χ2v) is 5.21. The van der Waals surface area contributed by atoms with Gasteiger partial charge >= 0.3 is 0 Å². The Bertz CT molecular complexity index is 511. The summed E-state index contributed by atoms with van der Waals surface area (Å²) in [5.41, 5.74) is 1.92. The molecule has 0 fully saturated rings. The fraction of sp³-hybridized carbons (Fsp3) is 0.588. The SMILES string of the molecule is CCNC(=NCc1cccc(C)n1)NCCC(=O)N(CC)CC. The van der Waals surface area contributed by atoms with Gasteiger partial charge < -0.3 is 15.5 Å². The first-order valence-corrected chi connectivity index (χ1v) is 8.33. The molecule has 128 valence electrons. The second kappa shape index (κ2) is 10.6. The van der Waals surface area contributed by atoms with Crippen LogP contribution in [0, 0.1) is 6.92 Å². The van der Waals surface area contributed by atoms with Gasteiger partial charge in [0.25, 0.3) is 0 Å². The Morgan fingerprint density at radius 2 is 1.96 bits per heavy atom. The van der Waals surface area contributed by atoms with E-state index in [2.05, 4.69) is 20.6 Å². The molecule has 0 aliphatic rings. The lowest BCUT2D eigenvalue weighted by Crippen LogP contribution is -2.40. The Morgan fingerprint density at radius 3 is 2.57 bits per heavy atom. The largest absolute Gasteiger partial charge is 0.357 e. The number of amides is 1. The van der Waals surface area contributed by atoms with Gasteiger partial charge in [-0.3, -0.25) is 9.78 Å². The summed E-state index contributed by atoms with van der Waals surface area (Å²) in [7, 11) is 0. The van der Waals surface area contributed by atoms with E-state index in [4.69, 9.17) is 0 Å². The summed E-state index contributed by atoms with van der Waals surface area (Å²) in [6.45, 7) is 11.3. The molecule has 1 amide bonds.